The number of carbonyl (C=O) groups excluding carboxylic acids is 1. The van der Waals surface area contributed by atoms with Crippen LogP contribution in [0.3, 0.4) is 0 Å². The van der Waals surface area contributed by atoms with Gasteiger partial charge >= 0.3 is 0 Å². The summed E-state index contributed by atoms with van der Waals surface area (Å²) in [4.78, 5) is 14.5. The van der Waals surface area contributed by atoms with E-state index in [9.17, 15) is 18.5 Å². The van der Waals surface area contributed by atoms with Gasteiger partial charge in [-0.2, -0.15) is 13.7 Å². The fourth-order valence-electron chi connectivity index (χ4n) is 4.85. The van der Waals surface area contributed by atoms with E-state index in [0.717, 1.165) is 44.3 Å². The Balaban J connectivity index is 0.000000248. The second kappa shape index (κ2) is 11.1. The number of rotatable bonds is 4. The summed E-state index contributed by atoms with van der Waals surface area (Å²) >= 11 is 0. The predicted molar refractivity (Wildman–Crippen MR) is 131 cm³/mol. The number of likely N-dealkylation sites (tertiary alicyclic amines) is 1. The molecule has 7 nitrogen and oxygen atoms in total. The van der Waals surface area contributed by atoms with Gasteiger partial charge in [-0.05, 0) is 74.3 Å². The zero-order chi connectivity index (χ0) is 24.9. The highest BCUT2D eigenvalue weighted by Gasteiger charge is 2.38. The lowest BCUT2D eigenvalue weighted by Gasteiger charge is -2.23. The average Bonchev–Trinajstić information content (AvgIpc) is 3.48. The Morgan fingerprint density at radius 1 is 1.21 bits per heavy atom. The van der Waals surface area contributed by atoms with Crippen molar-refractivity contribution < 1.29 is 17.8 Å². The van der Waals surface area contributed by atoms with Gasteiger partial charge in [-0.25, -0.2) is 0 Å². The monoisotopic (exact) mass is 483 g/mol. The van der Waals surface area contributed by atoms with Crippen molar-refractivity contribution in [1.29, 1.82) is 5.26 Å². The molecule has 8 heteroatoms. The van der Waals surface area contributed by atoms with Crippen LogP contribution in [0.15, 0.2) is 47.4 Å². The van der Waals surface area contributed by atoms with E-state index in [1.807, 2.05) is 6.92 Å². The van der Waals surface area contributed by atoms with Crippen LogP contribution in [0.1, 0.15) is 54.4 Å². The number of hydrogen-bond acceptors (Lipinski definition) is 5. The smallest absolute Gasteiger partial charge is 0.294 e. The van der Waals surface area contributed by atoms with Crippen molar-refractivity contribution in [2.45, 2.75) is 69.4 Å². The maximum Gasteiger partial charge on any atom is 0.294 e. The number of carbonyl (C=O) groups is 1. The van der Waals surface area contributed by atoms with Gasteiger partial charge in [0, 0.05) is 13.1 Å². The fourth-order valence-corrected chi connectivity index (χ4v) is 5.33. The van der Waals surface area contributed by atoms with Gasteiger partial charge in [-0.1, -0.05) is 42.8 Å². The van der Waals surface area contributed by atoms with Crippen LogP contribution in [-0.2, 0) is 21.3 Å². The zero-order valence-corrected chi connectivity index (χ0v) is 20.8. The van der Waals surface area contributed by atoms with Crippen molar-refractivity contribution in [2.24, 2.45) is 0 Å². The summed E-state index contributed by atoms with van der Waals surface area (Å²) < 4.78 is 29.6. The SMILES string of the molecule is CCc1cccc(C)c1[C@@H]1CN[C@H](C(=O)N2CCC[C@H]2C#N)C1.Cc1ccc(S(=O)(=O)O)cc1. The van der Waals surface area contributed by atoms with Gasteiger partial charge in [-0.3, -0.25) is 9.35 Å². The van der Waals surface area contributed by atoms with E-state index in [1.54, 1.807) is 17.0 Å². The molecule has 2 N–H and O–H groups in total. The first-order valence-corrected chi connectivity index (χ1v) is 13.2. The maximum absolute atomic E-state index is 12.7. The third-order valence-electron chi connectivity index (χ3n) is 6.64. The van der Waals surface area contributed by atoms with E-state index in [2.05, 4.69) is 43.4 Å². The van der Waals surface area contributed by atoms with Crippen LogP contribution in [0.4, 0.5) is 0 Å². The van der Waals surface area contributed by atoms with Gasteiger partial charge in [0.2, 0.25) is 5.91 Å². The molecule has 0 aromatic heterocycles. The largest absolute Gasteiger partial charge is 0.325 e. The molecule has 34 heavy (non-hydrogen) atoms. The Morgan fingerprint density at radius 2 is 1.91 bits per heavy atom. The van der Waals surface area contributed by atoms with Gasteiger partial charge in [0.25, 0.3) is 10.1 Å². The standard InChI is InChI=1S/C19H25N3O.C7H8O3S/c1-3-14-7-4-6-13(2)18(14)15-10-17(21-12-15)19(23)22-9-5-8-16(22)11-20;1-6-2-4-7(5-3-6)11(8,9)10/h4,6-7,15-17,21H,3,5,8-10,12H2,1-2H3;2-5H,1H3,(H,8,9,10)/t15-,16-,17-;/m0./s1. The van der Waals surface area contributed by atoms with Gasteiger partial charge in [0.15, 0.2) is 0 Å². The molecule has 0 unspecified atom stereocenters. The van der Waals surface area contributed by atoms with Crippen LogP contribution >= 0.6 is 0 Å². The van der Waals surface area contributed by atoms with Crippen LogP contribution < -0.4 is 5.32 Å². The van der Waals surface area contributed by atoms with Gasteiger partial charge in [-0.15, -0.1) is 0 Å². The topological polar surface area (TPSA) is 111 Å². The molecule has 1 amide bonds. The number of nitriles is 1. The molecular weight excluding hydrogens is 450 g/mol. The Hall–Kier alpha value is -2.73. The van der Waals surface area contributed by atoms with E-state index >= 15 is 0 Å². The number of aryl methyl sites for hydroxylation is 3. The molecule has 3 atom stereocenters. The lowest BCUT2D eigenvalue weighted by Crippen LogP contribution is -2.45. The summed E-state index contributed by atoms with van der Waals surface area (Å²) in [7, 11) is -4.02. The molecule has 4 rings (SSSR count). The molecular formula is C26H33N3O4S. The average molecular weight is 484 g/mol. The van der Waals surface area contributed by atoms with Crippen molar-refractivity contribution in [3.63, 3.8) is 0 Å². The molecule has 2 saturated heterocycles. The first-order valence-electron chi connectivity index (χ1n) is 11.7. The summed E-state index contributed by atoms with van der Waals surface area (Å²) in [6, 6.07) is 14.4. The molecule has 0 radical (unpaired) electrons. The van der Waals surface area contributed by atoms with Crippen LogP contribution in [-0.4, -0.2) is 49.0 Å². The first-order chi connectivity index (χ1) is 16.2. The molecule has 2 aliphatic rings. The Morgan fingerprint density at radius 3 is 2.53 bits per heavy atom. The van der Waals surface area contributed by atoms with E-state index < -0.39 is 10.1 Å². The van der Waals surface area contributed by atoms with Crippen LogP contribution in [0, 0.1) is 25.2 Å². The summed E-state index contributed by atoms with van der Waals surface area (Å²) in [5.74, 6) is 0.506. The van der Waals surface area contributed by atoms with E-state index in [0.29, 0.717) is 5.92 Å². The Labute approximate surface area is 202 Å². The van der Waals surface area contributed by atoms with Crippen molar-refractivity contribution in [2.75, 3.05) is 13.1 Å². The number of nitrogens with zero attached hydrogens (tertiary/aromatic N) is 2. The minimum absolute atomic E-state index is 0.0666. The van der Waals surface area contributed by atoms with Gasteiger partial charge in [0.05, 0.1) is 17.0 Å². The molecule has 2 aromatic carbocycles. The highest BCUT2D eigenvalue weighted by atomic mass is 32.2. The molecule has 0 spiro atoms. The highest BCUT2D eigenvalue weighted by Crippen LogP contribution is 2.32. The number of benzene rings is 2. The molecule has 2 aliphatic heterocycles. The lowest BCUT2D eigenvalue weighted by molar-refractivity contribution is -0.133. The van der Waals surface area contributed by atoms with Gasteiger partial charge in [0.1, 0.15) is 6.04 Å². The van der Waals surface area contributed by atoms with Crippen LogP contribution in [0.5, 0.6) is 0 Å². The summed E-state index contributed by atoms with van der Waals surface area (Å²) in [5, 5.41) is 12.6. The van der Waals surface area contributed by atoms with Gasteiger partial charge < -0.3 is 10.2 Å². The Kier molecular flexibility index (Phi) is 8.47. The molecule has 2 heterocycles. The molecule has 182 valence electrons. The zero-order valence-electron chi connectivity index (χ0n) is 20.0. The van der Waals surface area contributed by atoms with E-state index in [-0.39, 0.29) is 22.9 Å². The molecule has 2 fully saturated rings. The summed E-state index contributed by atoms with van der Waals surface area (Å²) in [5.41, 5.74) is 5.08. The van der Waals surface area contributed by atoms with Crippen molar-refractivity contribution in [3.05, 3.63) is 64.7 Å². The minimum atomic E-state index is -4.02. The summed E-state index contributed by atoms with van der Waals surface area (Å²) in [6.07, 6.45) is 3.62. The highest BCUT2D eigenvalue weighted by molar-refractivity contribution is 7.85. The maximum atomic E-state index is 12.7. The van der Waals surface area contributed by atoms with Crippen molar-refractivity contribution >= 4 is 16.0 Å². The van der Waals surface area contributed by atoms with Crippen molar-refractivity contribution in [3.8, 4) is 6.07 Å². The second-order valence-corrected chi connectivity index (χ2v) is 10.4. The minimum Gasteiger partial charge on any atom is -0.325 e. The third kappa shape index (κ3) is 6.03. The molecule has 2 aromatic rings. The fraction of sp³-hybridized carbons (Fsp3) is 0.462. The summed E-state index contributed by atoms with van der Waals surface area (Å²) in [6.45, 7) is 7.76. The normalized spacial score (nSPS) is 22.1. The Bertz CT molecular complexity index is 1160. The second-order valence-electron chi connectivity index (χ2n) is 9.00. The molecule has 0 aliphatic carbocycles. The number of hydrogen-bond donors (Lipinski definition) is 2. The van der Waals surface area contributed by atoms with Crippen LogP contribution in [0.25, 0.3) is 0 Å². The molecule has 0 saturated carbocycles. The molecule has 0 bridgehead atoms. The number of nitrogens with one attached hydrogen (secondary N) is 1. The lowest BCUT2D eigenvalue weighted by atomic mass is 9.87. The number of amides is 1. The predicted octanol–water partition coefficient (Wildman–Crippen LogP) is 3.76. The van der Waals surface area contributed by atoms with Crippen molar-refractivity contribution in [1.82, 2.24) is 10.2 Å². The van der Waals surface area contributed by atoms with E-state index in [4.69, 9.17) is 4.55 Å². The quantitative estimate of drug-likeness (QED) is 0.641. The van der Waals surface area contributed by atoms with E-state index in [1.165, 1.54) is 28.8 Å². The third-order valence-corrected chi connectivity index (χ3v) is 7.50. The first kappa shape index (κ1) is 25.9. The van der Waals surface area contributed by atoms with Crippen LogP contribution in [0.2, 0.25) is 0 Å².